The first-order valence-corrected chi connectivity index (χ1v) is 8.91. The summed E-state index contributed by atoms with van der Waals surface area (Å²) in [6.45, 7) is 5.57. The number of nitrogens with zero attached hydrogens (tertiary/aromatic N) is 1. The fraction of sp³-hybridized carbons (Fsp3) is 0.375. The lowest BCUT2D eigenvalue weighted by atomic mass is 9.90. The van der Waals surface area contributed by atoms with Crippen molar-refractivity contribution in [3.63, 3.8) is 0 Å². The molecule has 1 aliphatic rings. The minimum absolute atomic E-state index is 0.0182. The molecule has 7 nitrogen and oxygen atoms in total. The van der Waals surface area contributed by atoms with E-state index in [4.69, 9.17) is 0 Å². The number of aliphatic carboxylic acids is 1. The highest BCUT2D eigenvalue weighted by molar-refractivity contribution is 7.89. The van der Waals surface area contributed by atoms with E-state index < -0.39 is 21.4 Å². The summed E-state index contributed by atoms with van der Waals surface area (Å²) >= 11 is 0. The molecule has 1 saturated heterocycles. The maximum atomic E-state index is 12.6. The predicted octanol–water partition coefficient (Wildman–Crippen LogP) is 1.09. The number of carboxylic acid groups (broad SMARTS) is 1. The lowest BCUT2D eigenvalue weighted by Gasteiger charge is -2.20. The standard InChI is InChI=1S/C16H20N2O5S/c1-3-8-17-24(22,23)13-6-4-5-12(10-13)14(19)18-9-7-16(2,11-18)15(20)21/h3-6,10,17H,1,7-9,11H2,2H3,(H,20,21). The number of sulfonamides is 1. The zero-order valence-corrected chi connectivity index (χ0v) is 14.2. The molecule has 2 N–H and O–H groups in total. The molecule has 0 spiro atoms. The molecule has 2 rings (SSSR count). The first-order chi connectivity index (χ1) is 11.2. The van der Waals surface area contributed by atoms with Crippen LogP contribution in [0.2, 0.25) is 0 Å². The van der Waals surface area contributed by atoms with Gasteiger partial charge in [-0.25, -0.2) is 13.1 Å². The Morgan fingerprint density at radius 1 is 1.46 bits per heavy atom. The molecule has 1 atom stereocenters. The van der Waals surface area contributed by atoms with Crippen LogP contribution in [0, 0.1) is 5.41 Å². The van der Waals surface area contributed by atoms with Gasteiger partial charge >= 0.3 is 5.97 Å². The Labute approximate surface area is 141 Å². The van der Waals surface area contributed by atoms with Crippen molar-refractivity contribution >= 4 is 21.9 Å². The van der Waals surface area contributed by atoms with Crippen molar-refractivity contribution in [2.24, 2.45) is 5.41 Å². The number of rotatable bonds is 6. The molecular weight excluding hydrogens is 332 g/mol. The largest absolute Gasteiger partial charge is 0.481 e. The average molecular weight is 352 g/mol. The Hall–Kier alpha value is -2.19. The summed E-state index contributed by atoms with van der Waals surface area (Å²) in [4.78, 5) is 25.3. The van der Waals surface area contributed by atoms with Crippen LogP contribution >= 0.6 is 0 Å². The van der Waals surface area contributed by atoms with E-state index in [1.165, 1.54) is 35.2 Å². The highest BCUT2D eigenvalue weighted by Crippen LogP contribution is 2.31. The molecule has 1 aromatic rings. The van der Waals surface area contributed by atoms with Gasteiger partial charge in [0.1, 0.15) is 0 Å². The summed E-state index contributed by atoms with van der Waals surface area (Å²) < 4.78 is 26.6. The average Bonchev–Trinajstić information content (AvgIpc) is 2.96. The van der Waals surface area contributed by atoms with Gasteiger partial charge in [0.05, 0.1) is 10.3 Å². The molecule has 0 saturated carbocycles. The van der Waals surface area contributed by atoms with Gasteiger partial charge in [-0.2, -0.15) is 0 Å². The van der Waals surface area contributed by atoms with Crippen LogP contribution in [0.15, 0.2) is 41.8 Å². The number of amides is 1. The van der Waals surface area contributed by atoms with Gasteiger partial charge in [0.25, 0.3) is 5.91 Å². The fourth-order valence-corrected chi connectivity index (χ4v) is 3.58. The van der Waals surface area contributed by atoms with Gasteiger partial charge in [-0.15, -0.1) is 6.58 Å². The third-order valence-corrected chi connectivity index (χ3v) is 5.51. The minimum Gasteiger partial charge on any atom is -0.481 e. The second-order valence-corrected chi connectivity index (χ2v) is 7.78. The quantitative estimate of drug-likeness (QED) is 0.746. The van der Waals surface area contributed by atoms with Crippen molar-refractivity contribution in [3.8, 4) is 0 Å². The molecule has 1 heterocycles. The third kappa shape index (κ3) is 3.65. The van der Waals surface area contributed by atoms with Crippen molar-refractivity contribution in [3.05, 3.63) is 42.5 Å². The molecule has 1 amide bonds. The Morgan fingerprint density at radius 2 is 2.17 bits per heavy atom. The van der Waals surface area contributed by atoms with Gasteiger partial charge < -0.3 is 10.0 Å². The second-order valence-electron chi connectivity index (χ2n) is 6.01. The van der Waals surface area contributed by atoms with Crippen LogP contribution in [0.5, 0.6) is 0 Å². The first-order valence-electron chi connectivity index (χ1n) is 7.43. The number of hydrogen-bond donors (Lipinski definition) is 2. The van der Waals surface area contributed by atoms with Crippen LogP contribution in [0.3, 0.4) is 0 Å². The molecular formula is C16H20N2O5S. The molecule has 8 heteroatoms. The van der Waals surface area contributed by atoms with Gasteiger partial charge in [-0.1, -0.05) is 12.1 Å². The van der Waals surface area contributed by atoms with Crippen molar-refractivity contribution in [1.82, 2.24) is 9.62 Å². The Kier molecular flexibility index (Phi) is 5.10. The zero-order chi connectivity index (χ0) is 18.0. The number of likely N-dealkylation sites (tertiary alicyclic amines) is 1. The van der Waals surface area contributed by atoms with Gasteiger partial charge in [0, 0.05) is 25.2 Å². The number of hydrogen-bond acceptors (Lipinski definition) is 4. The summed E-state index contributed by atoms with van der Waals surface area (Å²) in [5, 5.41) is 9.24. The van der Waals surface area contributed by atoms with E-state index in [9.17, 15) is 23.1 Å². The Morgan fingerprint density at radius 3 is 2.75 bits per heavy atom. The van der Waals surface area contributed by atoms with E-state index in [1.807, 2.05) is 0 Å². The number of benzene rings is 1. The SMILES string of the molecule is C=CCNS(=O)(=O)c1cccc(C(=O)N2CCC(C)(C(=O)O)C2)c1. The molecule has 1 aliphatic heterocycles. The van der Waals surface area contributed by atoms with E-state index in [-0.39, 0.29) is 29.5 Å². The highest BCUT2D eigenvalue weighted by Gasteiger charge is 2.42. The molecule has 1 unspecified atom stereocenters. The van der Waals surface area contributed by atoms with E-state index in [0.717, 1.165) is 0 Å². The van der Waals surface area contributed by atoms with Crippen LogP contribution in [-0.2, 0) is 14.8 Å². The smallest absolute Gasteiger partial charge is 0.311 e. The van der Waals surface area contributed by atoms with Crippen LogP contribution in [0.25, 0.3) is 0 Å². The van der Waals surface area contributed by atoms with Crippen LogP contribution < -0.4 is 4.72 Å². The van der Waals surface area contributed by atoms with Crippen molar-refractivity contribution in [2.75, 3.05) is 19.6 Å². The monoisotopic (exact) mass is 352 g/mol. The highest BCUT2D eigenvalue weighted by atomic mass is 32.2. The van der Waals surface area contributed by atoms with Gasteiger partial charge in [-0.05, 0) is 31.5 Å². The summed E-state index contributed by atoms with van der Waals surface area (Å²) in [5.41, 5.74) is -0.753. The minimum atomic E-state index is -3.72. The van der Waals surface area contributed by atoms with Crippen LogP contribution in [0.1, 0.15) is 23.7 Å². The number of carbonyl (C=O) groups excluding carboxylic acids is 1. The van der Waals surface area contributed by atoms with E-state index in [1.54, 1.807) is 6.92 Å². The lowest BCUT2D eigenvalue weighted by molar-refractivity contribution is -0.147. The molecule has 0 aromatic heterocycles. The number of carboxylic acids is 1. The maximum absolute atomic E-state index is 12.6. The first kappa shape index (κ1) is 18.2. The zero-order valence-electron chi connectivity index (χ0n) is 13.4. The molecule has 0 radical (unpaired) electrons. The van der Waals surface area contributed by atoms with E-state index in [0.29, 0.717) is 13.0 Å². The van der Waals surface area contributed by atoms with Crippen molar-refractivity contribution < 1.29 is 23.1 Å². The Balaban J connectivity index is 2.22. The number of nitrogens with one attached hydrogen (secondary N) is 1. The summed E-state index contributed by atoms with van der Waals surface area (Å²) in [7, 11) is -3.72. The lowest BCUT2D eigenvalue weighted by Crippen LogP contribution is -2.35. The topological polar surface area (TPSA) is 104 Å². The normalized spacial score (nSPS) is 20.8. The molecule has 0 bridgehead atoms. The summed E-state index contributed by atoms with van der Waals surface area (Å²) in [5.74, 6) is -1.32. The maximum Gasteiger partial charge on any atom is 0.311 e. The Bertz CT molecular complexity index is 774. The third-order valence-electron chi connectivity index (χ3n) is 4.09. The molecule has 130 valence electrons. The van der Waals surface area contributed by atoms with Crippen molar-refractivity contribution in [1.29, 1.82) is 0 Å². The molecule has 24 heavy (non-hydrogen) atoms. The second kappa shape index (κ2) is 6.74. The summed E-state index contributed by atoms with van der Waals surface area (Å²) in [6, 6.07) is 5.70. The van der Waals surface area contributed by atoms with Gasteiger partial charge in [0.15, 0.2) is 0 Å². The van der Waals surface area contributed by atoms with Crippen molar-refractivity contribution in [2.45, 2.75) is 18.2 Å². The molecule has 1 aromatic carbocycles. The van der Waals surface area contributed by atoms with E-state index in [2.05, 4.69) is 11.3 Å². The number of carbonyl (C=O) groups is 2. The van der Waals surface area contributed by atoms with E-state index >= 15 is 0 Å². The van der Waals surface area contributed by atoms with Gasteiger partial charge in [-0.3, -0.25) is 9.59 Å². The van der Waals surface area contributed by atoms with Gasteiger partial charge in [0.2, 0.25) is 10.0 Å². The summed E-state index contributed by atoms with van der Waals surface area (Å²) in [6.07, 6.45) is 1.79. The molecule has 0 aliphatic carbocycles. The van der Waals surface area contributed by atoms with Crippen LogP contribution in [-0.4, -0.2) is 49.9 Å². The molecule has 1 fully saturated rings. The van der Waals surface area contributed by atoms with Crippen LogP contribution in [0.4, 0.5) is 0 Å². The fourth-order valence-electron chi connectivity index (χ4n) is 2.54. The predicted molar refractivity (Wildman–Crippen MR) is 88.1 cm³/mol.